The molecule has 0 aromatic heterocycles. The van der Waals surface area contributed by atoms with Gasteiger partial charge in [-0.05, 0) is 56.5 Å². The zero-order chi connectivity index (χ0) is 13.2. The number of aryl methyl sites for hydroxylation is 1. The van der Waals surface area contributed by atoms with E-state index in [-0.39, 0.29) is 11.6 Å². The largest absolute Gasteiger partial charge is 0.305 e. The first-order valence-corrected chi connectivity index (χ1v) is 6.65. The van der Waals surface area contributed by atoms with E-state index in [4.69, 9.17) is 0 Å². The number of halogens is 1. The summed E-state index contributed by atoms with van der Waals surface area (Å²) >= 11 is 0. The Hall–Kier alpha value is -1.22. The molecule has 3 heteroatoms. The Balaban J connectivity index is 2.34. The number of nitrogens with one attached hydrogen (secondary N) is 1. The second-order valence-electron chi connectivity index (χ2n) is 5.15. The lowest BCUT2D eigenvalue weighted by Gasteiger charge is -2.28. The molecule has 1 aromatic carbocycles. The molecule has 0 spiro atoms. The van der Waals surface area contributed by atoms with Crippen molar-refractivity contribution in [2.75, 3.05) is 6.54 Å². The molecule has 1 N–H and O–H groups in total. The summed E-state index contributed by atoms with van der Waals surface area (Å²) in [5.74, 6) is -0.160. The van der Waals surface area contributed by atoms with E-state index in [9.17, 15) is 9.18 Å². The molecule has 2 rings (SSSR count). The first kappa shape index (κ1) is 13.2. The van der Waals surface area contributed by atoms with Gasteiger partial charge in [-0.1, -0.05) is 13.3 Å². The average molecular weight is 249 g/mol. The second-order valence-corrected chi connectivity index (χ2v) is 5.15. The van der Waals surface area contributed by atoms with Crippen LogP contribution in [0.25, 0.3) is 0 Å². The summed E-state index contributed by atoms with van der Waals surface area (Å²) in [5.41, 5.74) is 0.959. The van der Waals surface area contributed by atoms with Crippen LogP contribution in [0.1, 0.15) is 48.5 Å². The van der Waals surface area contributed by atoms with E-state index >= 15 is 0 Å². The van der Waals surface area contributed by atoms with E-state index in [0.717, 1.165) is 37.8 Å². The van der Waals surface area contributed by atoms with Crippen LogP contribution in [0.5, 0.6) is 0 Å². The monoisotopic (exact) mass is 249 g/mol. The topological polar surface area (TPSA) is 29.1 Å². The smallest absolute Gasteiger partial charge is 0.183 e. The summed E-state index contributed by atoms with van der Waals surface area (Å²) < 4.78 is 13.1. The Bertz CT molecular complexity index is 450. The summed E-state index contributed by atoms with van der Waals surface area (Å²) in [5, 5.41) is 3.37. The third-order valence-electron chi connectivity index (χ3n) is 3.79. The number of hydrogen-bond acceptors (Lipinski definition) is 2. The van der Waals surface area contributed by atoms with Crippen molar-refractivity contribution >= 4 is 5.78 Å². The highest BCUT2D eigenvalue weighted by Gasteiger charge is 2.40. The molecule has 1 atom stereocenters. The lowest BCUT2D eigenvalue weighted by molar-refractivity contribution is 0.0857. The maximum Gasteiger partial charge on any atom is 0.183 e. The molecule has 1 fully saturated rings. The Labute approximate surface area is 108 Å². The lowest BCUT2D eigenvalue weighted by atomic mass is 9.82. The number of carbonyl (C=O) groups is 1. The Morgan fingerprint density at radius 1 is 1.50 bits per heavy atom. The minimum Gasteiger partial charge on any atom is -0.305 e. The van der Waals surface area contributed by atoms with Crippen molar-refractivity contribution in [2.24, 2.45) is 0 Å². The molecule has 0 aliphatic carbocycles. The number of ketones is 1. The summed E-state index contributed by atoms with van der Waals surface area (Å²) in [4.78, 5) is 12.7. The third kappa shape index (κ3) is 2.32. The number of carbonyl (C=O) groups excluding carboxylic acids is 1. The van der Waals surface area contributed by atoms with Crippen LogP contribution in [0.4, 0.5) is 4.39 Å². The van der Waals surface area contributed by atoms with Crippen molar-refractivity contribution < 1.29 is 9.18 Å². The minimum atomic E-state index is -0.419. The van der Waals surface area contributed by atoms with Gasteiger partial charge in [0.15, 0.2) is 5.78 Å². The molecule has 0 bridgehead atoms. The van der Waals surface area contributed by atoms with Gasteiger partial charge in [0.1, 0.15) is 5.82 Å². The fourth-order valence-electron chi connectivity index (χ4n) is 2.89. The van der Waals surface area contributed by atoms with Gasteiger partial charge >= 0.3 is 0 Å². The Morgan fingerprint density at radius 2 is 2.28 bits per heavy atom. The minimum absolute atomic E-state index is 0.124. The normalized spacial score (nSPS) is 23.3. The van der Waals surface area contributed by atoms with Gasteiger partial charge in [0.25, 0.3) is 0 Å². The van der Waals surface area contributed by atoms with Crippen molar-refractivity contribution in [1.82, 2.24) is 5.32 Å². The van der Waals surface area contributed by atoms with Gasteiger partial charge < -0.3 is 5.32 Å². The van der Waals surface area contributed by atoms with Crippen LogP contribution in [-0.4, -0.2) is 17.9 Å². The summed E-state index contributed by atoms with van der Waals surface area (Å²) in [6.45, 7) is 4.78. The second kappa shape index (κ2) is 5.19. The predicted octanol–water partition coefficient (Wildman–Crippen LogP) is 3.24. The van der Waals surface area contributed by atoms with E-state index in [1.54, 1.807) is 13.0 Å². The van der Waals surface area contributed by atoms with Crippen LogP contribution in [0.3, 0.4) is 0 Å². The molecule has 0 amide bonds. The quantitative estimate of drug-likeness (QED) is 0.830. The maximum absolute atomic E-state index is 13.1. The summed E-state index contributed by atoms with van der Waals surface area (Å²) in [6, 6.07) is 4.42. The molecule has 1 aliphatic heterocycles. The summed E-state index contributed by atoms with van der Waals surface area (Å²) in [6.07, 6.45) is 3.74. The highest BCUT2D eigenvalue weighted by atomic mass is 19.1. The molecule has 2 nitrogen and oxygen atoms in total. The van der Waals surface area contributed by atoms with Gasteiger partial charge in [-0.25, -0.2) is 4.39 Å². The van der Waals surface area contributed by atoms with E-state index in [1.807, 2.05) is 0 Å². The van der Waals surface area contributed by atoms with Crippen LogP contribution in [0.15, 0.2) is 18.2 Å². The number of benzene rings is 1. The number of rotatable bonds is 4. The highest BCUT2D eigenvalue weighted by Crippen LogP contribution is 2.30. The Morgan fingerprint density at radius 3 is 2.83 bits per heavy atom. The lowest BCUT2D eigenvalue weighted by Crippen LogP contribution is -2.47. The predicted molar refractivity (Wildman–Crippen MR) is 70.3 cm³/mol. The zero-order valence-electron chi connectivity index (χ0n) is 11.1. The number of hydrogen-bond donors (Lipinski definition) is 1. The molecule has 0 radical (unpaired) electrons. The molecule has 1 aliphatic rings. The summed E-state index contributed by atoms with van der Waals surface area (Å²) in [7, 11) is 0. The van der Waals surface area contributed by atoms with Crippen LogP contribution in [-0.2, 0) is 0 Å². The Kier molecular flexibility index (Phi) is 3.81. The molecule has 98 valence electrons. The van der Waals surface area contributed by atoms with Gasteiger partial charge in [-0.15, -0.1) is 0 Å². The molecule has 1 saturated heterocycles. The van der Waals surface area contributed by atoms with E-state index < -0.39 is 5.54 Å². The first-order chi connectivity index (χ1) is 8.59. The first-order valence-electron chi connectivity index (χ1n) is 6.65. The number of Topliss-reactive ketones (excluding diaryl/α,β-unsaturated/α-hetero) is 1. The van der Waals surface area contributed by atoms with Gasteiger partial charge in [0, 0.05) is 5.56 Å². The van der Waals surface area contributed by atoms with Crippen molar-refractivity contribution in [3.63, 3.8) is 0 Å². The third-order valence-corrected chi connectivity index (χ3v) is 3.79. The van der Waals surface area contributed by atoms with Crippen molar-refractivity contribution in [3.05, 3.63) is 35.1 Å². The molecular formula is C15H20FNO. The maximum atomic E-state index is 13.1. The molecule has 18 heavy (non-hydrogen) atoms. The van der Waals surface area contributed by atoms with Crippen LogP contribution < -0.4 is 5.32 Å². The van der Waals surface area contributed by atoms with Crippen LogP contribution >= 0.6 is 0 Å². The molecule has 0 saturated carbocycles. The van der Waals surface area contributed by atoms with Gasteiger partial charge in [0.2, 0.25) is 0 Å². The fourth-order valence-corrected chi connectivity index (χ4v) is 2.89. The van der Waals surface area contributed by atoms with Crippen LogP contribution in [0, 0.1) is 12.7 Å². The highest BCUT2D eigenvalue weighted by molar-refractivity contribution is 6.04. The van der Waals surface area contributed by atoms with E-state index in [2.05, 4.69) is 12.2 Å². The van der Waals surface area contributed by atoms with Crippen molar-refractivity contribution in [2.45, 2.75) is 45.1 Å². The van der Waals surface area contributed by atoms with Crippen molar-refractivity contribution in [3.8, 4) is 0 Å². The molecule has 1 unspecified atom stereocenters. The standard InChI is InChI=1S/C15H20FNO/c1-3-7-15(8-4-9-17-15)14(18)13-6-5-12(16)10-11(13)2/h5-6,10,17H,3-4,7-9H2,1-2H3. The average Bonchev–Trinajstić information content (AvgIpc) is 2.78. The molecular weight excluding hydrogens is 229 g/mol. The molecule has 1 aromatic rings. The van der Waals surface area contributed by atoms with E-state index in [1.165, 1.54) is 12.1 Å². The van der Waals surface area contributed by atoms with Gasteiger partial charge in [-0.2, -0.15) is 0 Å². The van der Waals surface area contributed by atoms with E-state index in [0.29, 0.717) is 5.56 Å². The van der Waals surface area contributed by atoms with Crippen molar-refractivity contribution in [1.29, 1.82) is 0 Å². The van der Waals surface area contributed by atoms with Gasteiger partial charge in [-0.3, -0.25) is 4.79 Å². The molecule has 1 heterocycles. The van der Waals surface area contributed by atoms with Gasteiger partial charge in [0.05, 0.1) is 5.54 Å². The van der Waals surface area contributed by atoms with Crippen LogP contribution in [0.2, 0.25) is 0 Å². The fraction of sp³-hybridized carbons (Fsp3) is 0.533. The zero-order valence-corrected chi connectivity index (χ0v) is 11.1. The SMILES string of the molecule is CCCC1(C(=O)c2ccc(F)cc2C)CCCN1.